The van der Waals surface area contributed by atoms with Crippen molar-refractivity contribution in [3.63, 3.8) is 0 Å². The highest BCUT2D eigenvalue weighted by atomic mass is 15.1. The van der Waals surface area contributed by atoms with Crippen molar-refractivity contribution in [2.45, 2.75) is 33.6 Å². The molecule has 15 heavy (non-hydrogen) atoms. The average molecular weight is 210 g/mol. The highest BCUT2D eigenvalue weighted by molar-refractivity contribution is 4.85. The molecular formula is C13H26N2. The summed E-state index contributed by atoms with van der Waals surface area (Å²) in [6.07, 6.45) is 2.80. The molecule has 2 atom stereocenters. The second-order valence-corrected chi connectivity index (χ2v) is 6.40. The van der Waals surface area contributed by atoms with Gasteiger partial charge in [-0.1, -0.05) is 20.8 Å². The lowest BCUT2D eigenvalue weighted by Crippen LogP contribution is -2.43. The second kappa shape index (κ2) is 4.42. The summed E-state index contributed by atoms with van der Waals surface area (Å²) in [6, 6.07) is 0. The van der Waals surface area contributed by atoms with Gasteiger partial charge < -0.3 is 10.2 Å². The maximum atomic E-state index is 3.51. The van der Waals surface area contributed by atoms with Crippen LogP contribution < -0.4 is 5.32 Å². The van der Waals surface area contributed by atoms with Crippen molar-refractivity contribution in [3.8, 4) is 0 Å². The van der Waals surface area contributed by atoms with Crippen LogP contribution in [0.4, 0.5) is 0 Å². The van der Waals surface area contributed by atoms with Crippen LogP contribution in [0.1, 0.15) is 33.6 Å². The molecular weight excluding hydrogens is 184 g/mol. The van der Waals surface area contributed by atoms with E-state index < -0.39 is 0 Å². The Balaban J connectivity index is 1.83. The molecule has 1 N–H and O–H groups in total. The Morgan fingerprint density at radius 2 is 2.13 bits per heavy atom. The molecule has 0 aromatic heterocycles. The summed E-state index contributed by atoms with van der Waals surface area (Å²) in [5.41, 5.74) is 0.549. The maximum Gasteiger partial charge on any atom is 0.00328 e. The first-order valence-corrected chi connectivity index (χ1v) is 6.50. The number of nitrogens with zero attached hydrogens (tertiary/aromatic N) is 1. The first-order chi connectivity index (χ1) is 7.07. The minimum absolute atomic E-state index is 0.549. The summed E-state index contributed by atoms with van der Waals surface area (Å²) in [4.78, 5) is 2.69. The van der Waals surface area contributed by atoms with E-state index in [0.29, 0.717) is 5.41 Å². The average Bonchev–Trinajstić information content (AvgIpc) is 2.50. The molecule has 0 spiro atoms. The number of piperidine rings is 1. The van der Waals surface area contributed by atoms with Gasteiger partial charge in [-0.2, -0.15) is 0 Å². The Labute approximate surface area is 94.4 Å². The van der Waals surface area contributed by atoms with Gasteiger partial charge in [-0.15, -0.1) is 0 Å². The number of hydrogen-bond donors (Lipinski definition) is 1. The van der Waals surface area contributed by atoms with Crippen LogP contribution in [0.15, 0.2) is 0 Å². The van der Waals surface area contributed by atoms with Gasteiger partial charge in [-0.05, 0) is 49.7 Å². The lowest BCUT2D eigenvalue weighted by Gasteiger charge is -2.39. The van der Waals surface area contributed by atoms with E-state index in [-0.39, 0.29) is 0 Å². The van der Waals surface area contributed by atoms with Gasteiger partial charge in [0.05, 0.1) is 0 Å². The summed E-state index contributed by atoms with van der Waals surface area (Å²) in [7, 11) is 0. The third-order valence-electron chi connectivity index (χ3n) is 4.15. The monoisotopic (exact) mass is 210 g/mol. The molecule has 2 fully saturated rings. The molecule has 0 radical (unpaired) electrons. The van der Waals surface area contributed by atoms with E-state index in [0.717, 1.165) is 11.8 Å². The van der Waals surface area contributed by atoms with E-state index in [1.165, 1.54) is 45.6 Å². The molecule has 2 heteroatoms. The first-order valence-electron chi connectivity index (χ1n) is 6.50. The van der Waals surface area contributed by atoms with Crippen molar-refractivity contribution in [2.75, 3.05) is 32.7 Å². The molecule has 88 valence electrons. The van der Waals surface area contributed by atoms with Crippen molar-refractivity contribution in [1.29, 1.82) is 0 Å². The van der Waals surface area contributed by atoms with Gasteiger partial charge in [0.1, 0.15) is 0 Å². The number of nitrogens with one attached hydrogen (secondary N) is 1. The summed E-state index contributed by atoms with van der Waals surface area (Å²) < 4.78 is 0. The van der Waals surface area contributed by atoms with E-state index in [1.807, 2.05) is 0 Å². The SMILES string of the molecule is CC1CNCC1CN1CCCC(C)(C)C1. The Hall–Kier alpha value is -0.0800. The molecule has 2 saturated heterocycles. The van der Waals surface area contributed by atoms with Crippen molar-refractivity contribution >= 4 is 0 Å². The zero-order chi connectivity index (χ0) is 10.9. The van der Waals surface area contributed by atoms with E-state index in [1.54, 1.807) is 0 Å². The molecule has 0 aromatic carbocycles. The van der Waals surface area contributed by atoms with E-state index >= 15 is 0 Å². The minimum atomic E-state index is 0.549. The largest absolute Gasteiger partial charge is 0.316 e. The number of rotatable bonds is 2. The van der Waals surface area contributed by atoms with Crippen molar-refractivity contribution in [1.82, 2.24) is 10.2 Å². The van der Waals surface area contributed by atoms with Crippen LogP contribution >= 0.6 is 0 Å². The summed E-state index contributed by atoms with van der Waals surface area (Å²) in [5.74, 6) is 1.76. The normalized spacial score (nSPS) is 37.0. The van der Waals surface area contributed by atoms with Crippen molar-refractivity contribution in [3.05, 3.63) is 0 Å². The molecule has 2 nitrogen and oxygen atoms in total. The second-order valence-electron chi connectivity index (χ2n) is 6.40. The van der Waals surface area contributed by atoms with Gasteiger partial charge in [0, 0.05) is 13.1 Å². The highest BCUT2D eigenvalue weighted by Crippen LogP contribution is 2.29. The molecule has 0 aliphatic carbocycles. The Kier molecular flexibility index (Phi) is 3.36. The van der Waals surface area contributed by atoms with Crippen LogP contribution in [0.3, 0.4) is 0 Å². The third kappa shape index (κ3) is 2.94. The Morgan fingerprint density at radius 1 is 1.33 bits per heavy atom. The predicted octanol–water partition coefficient (Wildman–Crippen LogP) is 1.96. The standard InChI is InChI=1S/C13H26N2/c1-11-7-14-8-12(11)9-15-6-4-5-13(2,3)10-15/h11-12,14H,4-10H2,1-3H3. The molecule has 2 unspecified atom stereocenters. The first kappa shape index (κ1) is 11.4. The maximum absolute atomic E-state index is 3.51. The quantitative estimate of drug-likeness (QED) is 0.749. The lowest BCUT2D eigenvalue weighted by atomic mass is 9.83. The molecule has 2 aliphatic rings. The van der Waals surface area contributed by atoms with E-state index in [2.05, 4.69) is 31.0 Å². The van der Waals surface area contributed by atoms with Crippen LogP contribution in [0.2, 0.25) is 0 Å². The fraction of sp³-hybridized carbons (Fsp3) is 1.00. The molecule has 0 saturated carbocycles. The summed E-state index contributed by atoms with van der Waals surface area (Å²) in [5, 5.41) is 3.51. The molecule has 0 amide bonds. The van der Waals surface area contributed by atoms with Gasteiger partial charge in [0.25, 0.3) is 0 Å². The van der Waals surface area contributed by atoms with Crippen LogP contribution in [-0.4, -0.2) is 37.6 Å². The molecule has 0 aromatic rings. The molecule has 2 aliphatic heterocycles. The van der Waals surface area contributed by atoms with E-state index in [9.17, 15) is 0 Å². The molecule has 2 rings (SSSR count). The van der Waals surface area contributed by atoms with Gasteiger partial charge >= 0.3 is 0 Å². The fourth-order valence-corrected chi connectivity index (χ4v) is 3.14. The Bertz CT molecular complexity index is 213. The van der Waals surface area contributed by atoms with Gasteiger partial charge in [0.2, 0.25) is 0 Å². The van der Waals surface area contributed by atoms with Crippen LogP contribution in [-0.2, 0) is 0 Å². The summed E-state index contributed by atoms with van der Waals surface area (Å²) >= 11 is 0. The summed E-state index contributed by atoms with van der Waals surface area (Å²) in [6.45, 7) is 13.6. The zero-order valence-corrected chi connectivity index (χ0v) is 10.6. The van der Waals surface area contributed by atoms with Crippen LogP contribution in [0, 0.1) is 17.3 Å². The molecule has 2 heterocycles. The smallest absolute Gasteiger partial charge is 0.00328 e. The van der Waals surface area contributed by atoms with Gasteiger partial charge in [-0.25, -0.2) is 0 Å². The fourth-order valence-electron chi connectivity index (χ4n) is 3.14. The highest BCUT2D eigenvalue weighted by Gasteiger charge is 2.30. The zero-order valence-electron chi connectivity index (χ0n) is 10.6. The Morgan fingerprint density at radius 3 is 2.73 bits per heavy atom. The lowest BCUT2D eigenvalue weighted by molar-refractivity contribution is 0.0985. The minimum Gasteiger partial charge on any atom is -0.316 e. The topological polar surface area (TPSA) is 15.3 Å². The van der Waals surface area contributed by atoms with Crippen LogP contribution in [0.5, 0.6) is 0 Å². The molecule has 0 bridgehead atoms. The van der Waals surface area contributed by atoms with Gasteiger partial charge in [0.15, 0.2) is 0 Å². The van der Waals surface area contributed by atoms with Crippen molar-refractivity contribution in [2.24, 2.45) is 17.3 Å². The predicted molar refractivity (Wildman–Crippen MR) is 65.0 cm³/mol. The van der Waals surface area contributed by atoms with E-state index in [4.69, 9.17) is 0 Å². The number of hydrogen-bond acceptors (Lipinski definition) is 2. The number of likely N-dealkylation sites (tertiary alicyclic amines) is 1. The van der Waals surface area contributed by atoms with Crippen molar-refractivity contribution < 1.29 is 0 Å². The third-order valence-corrected chi connectivity index (χ3v) is 4.15. The van der Waals surface area contributed by atoms with Crippen LogP contribution in [0.25, 0.3) is 0 Å². The van der Waals surface area contributed by atoms with Gasteiger partial charge in [-0.3, -0.25) is 0 Å².